The maximum absolute atomic E-state index is 12.0. The summed E-state index contributed by atoms with van der Waals surface area (Å²) in [6.07, 6.45) is 0. The number of nitrogens with one attached hydrogen (secondary N) is 2. The first-order valence-corrected chi connectivity index (χ1v) is 6.10. The van der Waals surface area contributed by atoms with E-state index in [1.165, 1.54) is 0 Å². The second kappa shape index (κ2) is 5.87. The topological polar surface area (TPSA) is 44.4 Å². The fraction of sp³-hybridized carbons (Fsp3) is 0.500. The quantitative estimate of drug-likeness (QED) is 0.836. The molecule has 0 unspecified atom stereocenters. The Morgan fingerprint density at radius 1 is 1.22 bits per heavy atom. The number of likely N-dealkylation sites (N-methyl/N-ethyl adjacent to an activating group) is 1. The molecule has 18 heavy (non-hydrogen) atoms. The molecular formula is C14H23N3O. The van der Waals surface area contributed by atoms with Crippen molar-refractivity contribution in [2.45, 2.75) is 19.4 Å². The molecule has 2 N–H and O–H groups in total. The van der Waals surface area contributed by atoms with Crippen molar-refractivity contribution < 1.29 is 4.79 Å². The fourth-order valence-corrected chi connectivity index (χ4v) is 1.35. The maximum Gasteiger partial charge on any atom is 0.251 e. The van der Waals surface area contributed by atoms with Gasteiger partial charge in [0, 0.05) is 30.4 Å². The van der Waals surface area contributed by atoms with E-state index in [1.807, 2.05) is 45.4 Å². The summed E-state index contributed by atoms with van der Waals surface area (Å²) in [5.74, 6) is -0.0346. The fourth-order valence-electron chi connectivity index (χ4n) is 1.35. The van der Waals surface area contributed by atoms with Gasteiger partial charge in [-0.1, -0.05) is 0 Å². The normalized spacial score (nSPS) is 11.4. The first-order valence-electron chi connectivity index (χ1n) is 6.10. The SMILES string of the molecule is CNc1ccc(C(=O)NCC(C)(C)N(C)C)cc1. The molecule has 0 spiro atoms. The Balaban J connectivity index is 2.60. The van der Waals surface area contributed by atoms with Crippen LogP contribution in [0.1, 0.15) is 24.2 Å². The van der Waals surface area contributed by atoms with E-state index in [9.17, 15) is 4.79 Å². The Bertz CT molecular complexity index is 396. The van der Waals surface area contributed by atoms with Crippen LogP contribution < -0.4 is 10.6 Å². The van der Waals surface area contributed by atoms with E-state index in [2.05, 4.69) is 29.4 Å². The molecule has 0 aliphatic heterocycles. The van der Waals surface area contributed by atoms with E-state index in [4.69, 9.17) is 0 Å². The molecule has 100 valence electrons. The lowest BCUT2D eigenvalue weighted by Crippen LogP contribution is -2.48. The number of carbonyl (C=O) groups excluding carboxylic acids is 1. The zero-order chi connectivity index (χ0) is 13.8. The van der Waals surface area contributed by atoms with Gasteiger partial charge in [-0.05, 0) is 52.2 Å². The number of anilines is 1. The monoisotopic (exact) mass is 249 g/mol. The molecule has 0 radical (unpaired) electrons. The predicted octanol–water partition coefficient (Wildman–Crippen LogP) is 1.80. The largest absolute Gasteiger partial charge is 0.388 e. The van der Waals surface area contributed by atoms with Gasteiger partial charge in [0.25, 0.3) is 5.91 Å². The van der Waals surface area contributed by atoms with Gasteiger partial charge in [-0.2, -0.15) is 0 Å². The Kier molecular flexibility index (Phi) is 4.73. The van der Waals surface area contributed by atoms with Crippen LogP contribution >= 0.6 is 0 Å². The van der Waals surface area contributed by atoms with Crippen molar-refractivity contribution in [1.29, 1.82) is 0 Å². The van der Waals surface area contributed by atoms with Crippen LogP contribution in [0.2, 0.25) is 0 Å². The zero-order valence-electron chi connectivity index (χ0n) is 11.9. The van der Waals surface area contributed by atoms with Gasteiger partial charge in [0.2, 0.25) is 0 Å². The van der Waals surface area contributed by atoms with Crippen molar-refractivity contribution in [3.8, 4) is 0 Å². The summed E-state index contributed by atoms with van der Waals surface area (Å²) in [7, 11) is 5.87. The van der Waals surface area contributed by atoms with Crippen molar-refractivity contribution in [3.63, 3.8) is 0 Å². The van der Waals surface area contributed by atoms with Crippen molar-refractivity contribution in [3.05, 3.63) is 29.8 Å². The summed E-state index contributed by atoms with van der Waals surface area (Å²) in [5, 5.41) is 5.98. The van der Waals surface area contributed by atoms with Crippen molar-refractivity contribution in [1.82, 2.24) is 10.2 Å². The maximum atomic E-state index is 12.0. The molecule has 0 fully saturated rings. The summed E-state index contributed by atoms with van der Waals surface area (Å²) in [6.45, 7) is 4.81. The third kappa shape index (κ3) is 3.74. The number of nitrogens with zero attached hydrogens (tertiary/aromatic N) is 1. The standard InChI is InChI=1S/C14H23N3O/c1-14(2,17(4)5)10-16-13(18)11-6-8-12(15-3)9-7-11/h6-9,15H,10H2,1-5H3,(H,16,18). The van der Waals surface area contributed by atoms with E-state index in [0.29, 0.717) is 12.1 Å². The zero-order valence-corrected chi connectivity index (χ0v) is 11.9. The van der Waals surface area contributed by atoms with E-state index < -0.39 is 0 Å². The van der Waals surface area contributed by atoms with Crippen LogP contribution in [0.25, 0.3) is 0 Å². The van der Waals surface area contributed by atoms with Gasteiger partial charge in [0.1, 0.15) is 0 Å². The average Bonchev–Trinajstić information content (AvgIpc) is 2.36. The minimum Gasteiger partial charge on any atom is -0.388 e. The van der Waals surface area contributed by atoms with Crippen LogP contribution in [0.4, 0.5) is 5.69 Å². The highest BCUT2D eigenvalue weighted by atomic mass is 16.1. The Labute approximate surface area is 109 Å². The Morgan fingerprint density at radius 2 is 1.78 bits per heavy atom. The molecule has 1 rings (SSSR count). The van der Waals surface area contributed by atoms with Gasteiger partial charge in [-0.25, -0.2) is 0 Å². The van der Waals surface area contributed by atoms with Crippen LogP contribution in [0.5, 0.6) is 0 Å². The van der Waals surface area contributed by atoms with Crippen molar-refractivity contribution in [2.75, 3.05) is 33.0 Å². The smallest absolute Gasteiger partial charge is 0.251 e. The molecule has 0 aromatic heterocycles. The summed E-state index contributed by atoms with van der Waals surface area (Å²) in [6, 6.07) is 7.44. The number of amides is 1. The second-order valence-electron chi connectivity index (χ2n) is 5.22. The molecule has 0 heterocycles. The third-order valence-corrected chi connectivity index (χ3v) is 3.33. The number of carbonyl (C=O) groups is 1. The van der Waals surface area contributed by atoms with E-state index in [0.717, 1.165) is 5.69 Å². The van der Waals surface area contributed by atoms with Gasteiger partial charge >= 0.3 is 0 Å². The lowest BCUT2D eigenvalue weighted by Gasteiger charge is -2.32. The van der Waals surface area contributed by atoms with E-state index in [1.54, 1.807) is 0 Å². The lowest BCUT2D eigenvalue weighted by molar-refractivity contribution is 0.0919. The van der Waals surface area contributed by atoms with E-state index >= 15 is 0 Å². The third-order valence-electron chi connectivity index (χ3n) is 3.33. The molecule has 1 aromatic rings. The van der Waals surface area contributed by atoms with Crippen molar-refractivity contribution in [2.24, 2.45) is 0 Å². The van der Waals surface area contributed by atoms with Gasteiger partial charge in [-0.3, -0.25) is 4.79 Å². The molecule has 0 saturated heterocycles. The molecule has 1 aromatic carbocycles. The van der Waals surface area contributed by atoms with Crippen LogP contribution in [0, 0.1) is 0 Å². The summed E-state index contributed by atoms with van der Waals surface area (Å²) in [4.78, 5) is 14.1. The number of benzene rings is 1. The lowest BCUT2D eigenvalue weighted by atomic mass is 10.0. The van der Waals surface area contributed by atoms with Crippen LogP contribution in [-0.4, -0.2) is 44.0 Å². The minimum absolute atomic E-state index is 0.0346. The molecule has 0 aliphatic rings. The highest BCUT2D eigenvalue weighted by Crippen LogP contribution is 2.10. The molecule has 4 heteroatoms. The van der Waals surface area contributed by atoms with Crippen LogP contribution in [0.15, 0.2) is 24.3 Å². The second-order valence-corrected chi connectivity index (χ2v) is 5.22. The van der Waals surface area contributed by atoms with Gasteiger partial charge < -0.3 is 15.5 Å². The van der Waals surface area contributed by atoms with Crippen LogP contribution in [0.3, 0.4) is 0 Å². The van der Waals surface area contributed by atoms with Gasteiger partial charge in [0.15, 0.2) is 0 Å². The summed E-state index contributed by atoms with van der Waals surface area (Å²) in [5.41, 5.74) is 1.63. The molecular weight excluding hydrogens is 226 g/mol. The average molecular weight is 249 g/mol. The Hall–Kier alpha value is -1.55. The number of rotatable bonds is 5. The molecule has 1 amide bonds. The van der Waals surface area contributed by atoms with Crippen molar-refractivity contribution >= 4 is 11.6 Å². The first kappa shape index (κ1) is 14.5. The van der Waals surface area contributed by atoms with E-state index in [-0.39, 0.29) is 11.4 Å². The highest BCUT2D eigenvalue weighted by Gasteiger charge is 2.21. The van der Waals surface area contributed by atoms with Crippen LogP contribution in [-0.2, 0) is 0 Å². The summed E-state index contributed by atoms with van der Waals surface area (Å²) < 4.78 is 0. The molecule has 0 atom stereocenters. The molecule has 0 bridgehead atoms. The predicted molar refractivity (Wildman–Crippen MR) is 76.1 cm³/mol. The first-order chi connectivity index (χ1) is 8.36. The van der Waals surface area contributed by atoms with Gasteiger partial charge in [0.05, 0.1) is 0 Å². The molecule has 0 aliphatic carbocycles. The number of hydrogen-bond donors (Lipinski definition) is 2. The number of hydrogen-bond acceptors (Lipinski definition) is 3. The summed E-state index contributed by atoms with van der Waals surface area (Å²) >= 11 is 0. The highest BCUT2D eigenvalue weighted by molar-refractivity contribution is 5.94. The molecule has 4 nitrogen and oxygen atoms in total. The molecule has 0 saturated carbocycles. The Morgan fingerprint density at radius 3 is 2.22 bits per heavy atom. The minimum atomic E-state index is -0.0550. The van der Waals surface area contributed by atoms with Gasteiger partial charge in [-0.15, -0.1) is 0 Å².